The molecule has 2 aromatic rings. The summed E-state index contributed by atoms with van der Waals surface area (Å²) in [4.78, 5) is 29.3. The van der Waals surface area contributed by atoms with Gasteiger partial charge in [-0.2, -0.15) is 0 Å². The van der Waals surface area contributed by atoms with Crippen LogP contribution in [0.25, 0.3) is 0 Å². The quantitative estimate of drug-likeness (QED) is 0.724. The first-order valence-electron chi connectivity index (χ1n) is 5.99. The summed E-state index contributed by atoms with van der Waals surface area (Å²) >= 11 is 0. The van der Waals surface area contributed by atoms with Crippen LogP contribution in [-0.4, -0.2) is 22.5 Å². The number of nitrogens with zero attached hydrogens (tertiary/aromatic N) is 1. The number of aromatic amines is 1. The van der Waals surface area contributed by atoms with Gasteiger partial charge in [-0.25, -0.2) is 9.78 Å². The van der Waals surface area contributed by atoms with E-state index in [1.807, 2.05) is 0 Å². The summed E-state index contributed by atoms with van der Waals surface area (Å²) in [6, 6.07) is 6.65. The molecule has 0 unspecified atom stereocenters. The molecule has 0 aliphatic heterocycles. The zero-order valence-electron chi connectivity index (χ0n) is 10.8. The third-order valence-electron chi connectivity index (χ3n) is 2.53. The Morgan fingerprint density at radius 3 is 3.05 bits per heavy atom. The standard InChI is InChI=1S/C13H14N4O3/c1-2-20-13(19)8-4-3-5-9(6-8)17-11-10(14)12(18)16-7-15-11/h3-7H,2,14H2,1H3,(H2,15,16,17,18). The molecule has 0 amide bonds. The van der Waals surface area contributed by atoms with Gasteiger partial charge < -0.3 is 20.8 Å². The number of esters is 1. The fourth-order valence-electron chi connectivity index (χ4n) is 1.58. The summed E-state index contributed by atoms with van der Waals surface area (Å²) in [7, 11) is 0. The average Bonchev–Trinajstić information content (AvgIpc) is 2.44. The maximum Gasteiger partial charge on any atom is 0.338 e. The average molecular weight is 274 g/mol. The van der Waals surface area contributed by atoms with E-state index in [9.17, 15) is 9.59 Å². The van der Waals surface area contributed by atoms with Crippen LogP contribution in [0.4, 0.5) is 17.2 Å². The molecule has 1 aromatic carbocycles. The fraction of sp³-hybridized carbons (Fsp3) is 0.154. The van der Waals surface area contributed by atoms with Gasteiger partial charge in [-0.3, -0.25) is 4.79 Å². The molecule has 7 heteroatoms. The van der Waals surface area contributed by atoms with Crippen LogP contribution in [-0.2, 0) is 4.74 Å². The van der Waals surface area contributed by atoms with Crippen LogP contribution in [0.5, 0.6) is 0 Å². The van der Waals surface area contributed by atoms with Crippen molar-refractivity contribution in [2.45, 2.75) is 6.92 Å². The van der Waals surface area contributed by atoms with Crippen molar-refractivity contribution in [2.75, 3.05) is 17.7 Å². The number of hydrogen-bond donors (Lipinski definition) is 3. The maximum atomic E-state index is 11.6. The zero-order valence-corrected chi connectivity index (χ0v) is 10.8. The van der Waals surface area contributed by atoms with Gasteiger partial charge in [0.2, 0.25) is 0 Å². The van der Waals surface area contributed by atoms with Crippen molar-refractivity contribution in [2.24, 2.45) is 0 Å². The van der Waals surface area contributed by atoms with E-state index in [4.69, 9.17) is 10.5 Å². The third kappa shape index (κ3) is 2.94. The van der Waals surface area contributed by atoms with Crippen LogP contribution >= 0.6 is 0 Å². The van der Waals surface area contributed by atoms with Crippen molar-refractivity contribution in [1.29, 1.82) is 0 Å². The minimum absolute atomic E-state index is 0.0194. The fourth-order valence-corrected chi connectivity index (χ4v) is 1.58. The molecule has 1 aromatic heterocycles. The number of anilines is 3. The van der Waals surface area contributed by atoms with Crippen LogP contribution in [0.1, 0.15) is 17.3 Å². The highest BCUT2D eigenvalue weighted by atomic mass is 16.5. The van der Waals surface area contributed by atoms with Gasteiger partial charge in [-0.05, 0) is 25.1 Å². The number of aromatic nitrogens is 2. The van der Waals surface area contributed by atoms with Crippen molar-refractivity contribution in [3.63, 3.8) is 0 Å². The first-order chi connectivity index (χ1) is 9.61. The SMILES string of the molecule is CCOC(=O)c1cccc(Nc2nc[nH]c(=O)c2N)c1. The molecule has 0 atom stereocenters. The van der Waals surface area contributed by atoms with E-state index in [1.54, 1.807) is 31.2 Å². The minimum atomic E-state index is -0.427. The van der Waals surface area contributed by atoms with Crippen LogP contribution in [0.15, 0.2) is 35.4 Å². The number of ether oxygens (including phenoxy) is 1. The van der Waals surface area contributed by atoms with E-state index < -0.39 is 11.5 Å². The van der Waals surface area contributed by atoms with E-state index in [-0.39, 0.29) is 11.5 Å². The summed E-state index contributed by atoms with van der Waals surface area (Å²) < 4.78 is 4.91. The number of carbonyl (C=O) groups is 1. The molecule has 0 aliphatic carbocycles. The van der Waals surface area contributed by atoms with Gasteiger partial charge in [0.1, 0.15) is 5.69 Å². The number of rotatable bonds is 4. The van der Waals surface area contributed by atoms with Crippen molar-refractivity contribution in [3.8, 4) is 0 Å². The molecule has 2 rings (SSSR count). The van der Waals surface area contributed by atoms with Gasteiger partial charge >= 0.3 is 5.97 Å². The lowest BCUT2D eigenvalue weighted by Crippen LogP contribution is -2.14. The van der Waals surface area contributed by atoms with Gasteiger partial charge in [-0.1, -0.05) is 6.07 Å². The van der Waals surface area contributed by atoms with E-state index in [0.717, 1.165) is 0 Å². The number of nitrogens with two attached hydrogens (primary N) is 1. The van der Waals surface area contributed by atoms with Gasteiger partial charge in [0.25, 0.3) is 5.56 Å². The third-order valence-corrected chi connectivity index (χ3v) is 2.53. The predicted molar refractivity (Wildman–Crippen MR) is 75.0 cm³/mol. The maximum absolute atomic E-state index is 11.6. The Labute approximate surface area is 114 Å². The lowest BCUT2D eigenvalue weighted by atomic mass is 10.2. The second kappa shape index (κ2) is 5.87. The van der Waals surface area contributed by atoms with Crippen LogP contribution < -0.4 is 16.6 Å². The van der Waals surface area contributed by atoms with Crippen molar-refractivity contribution in [1.82, 2.24) is 9.97 Å². The highest BCUT2D eigenvalue weighted by Gasteiger charge is 2.09. The molecule has 0 bridgehead atoms. The molecule has 0 spiro atoms. The monoisotopic (exact) mass is 274 g/mol. The second-order valence-electron chi connectivity index (χ2n) is 3.92. The highest BCUT2D eigenvalue weighted by molar-refractivity contribution is 5.90. The van der Waals surface area contributed by atoms with E-state index in [0.29, 0.717) is 17.9 Å². The normalized spacial score (nSPS) is 10.1. The first-order valence-corrected chi connectivity index (χ1v) is 5.99. The molecular formula is C13H14N4O3. The number of nitrogen functional groups attached to an aromatic ring is 1. The van der Waals surface area contributed by atoms with Crippen LogP contribution in [0.2, 0.25) is 0 Å². The molecule has 104 valence electrons. The van der Waals surface area contributed by atoms with Gasteiger partial charge in [0.15, 0.2) is 5.82 Å². The predicted octanol–water partition coefficient (Wildman–Crippen LogP) is 1.27. The molecule has 0 fully saturated rings. The first kappa shape index (κ1) is 13.6. The van der Waals surface area contributed by atoms with Crippen molar-refractivity contribution >= 4 is 23.2 Å². The Kier molecular flexibility index (Phi) is 3.99. The van der Waals surface area contributed by atoms with Crippen LogP contribution in [0.3, 0.4) is 0 Å². The molecule has 0 aliphatic rings. The molecular weight excluding hydrogens is 260 g/mol. The second-order valence-corrected chi connectivity index (χ2v) is 3.92. The summed E-state index contributed by atoms with van der Waals surface area (Å²) in [6.45, 7) is 2.04. The van der Waals surface area contributed by atoms with Gasteiger partial charge in [0.05, 0.1) is 18.5 Å². The van der Waals surface area contributed by atoms with Crippen molar-refractivity contribution in [3.05, 3.63) is 46.5 Å². The smallest absolute Gasteiger partial charge is 0.338 e. The molecule has 0 radical (unpaired) electrons. The lowest BCUT2D eigenvalue weighted by Gasteiger charge is -2.08. The lowest BCUT2D eigenvalue weighted by molar-refractivity contribution is 0.0526. The molecule has 1 heterocycles. The minimum Gasteiger partial charge on any atom is -0.462 e. The zero-order chi connectivity index (χ0) is 14.5. The Morgan fingerprint density at radius 2 is 2.30 bits per heavy atom. The number of benzene rings is 1. The Bertz CT molecular complexity index is 681. The van der Waals surface area contributed by atoms with E-state index >= 15 is 0 Å². The molecule has 0 saturated carbocycles. The Balaban J connectivity index is 2.26. The largest absolute Gasteiger partial charge is 0.462 e. The summed E-state index contributed by atoms with van der Waals surface area (Å²) in [5.41, 5.74) is 6.16. The molecule has 4 N–H and O–H groups in total. The summed E-state index contributed by atoms with van der Waals surface area (Å²) in [6.07, 6.45) is 1.25. The Hall–Kier alpha value is -2.83. The molecule has 7 nitrogen and oxygen atoms in total. The Morgan fingerprint density at radius 1 is 1.50 bits per heavy atom. The highest BCUT2D eigenvalue weighted by Crippen LogP contribution is 2.18. The number of carbonyl (C=O) groups excluding carboxylic acids is 1. The number of H-pyrrole nitrogens is 1. The van der Waals surface area contributed by atoms with Crippen LogP contribution in [0, 0.1) is 0 Å². The van der Waals surface area contributed by atoms with Gasteiger partial charge in [-0.15, -0.1) is 0 Å². The molecule has 20 heavy (non-hydrogen) atoms. The summed E-state index contributed by atoms with van der Waals surface area (Å²) in [5.74, 6) is -0.183. The van der Waals surface area contributed by atoms with E-state index in [2.05, 4.69) is 15.3 Å². The number of nitrogens with one attached hydrogen (secondary N) is 2. The van der Waals surface area contributed by atoms with Gasteiger partial charge in [0, 0.05) is 5.69 Å². The van der Waals surface area contributed by atoms with E-state index in [1.165, 1.54) is 6.33 Å². The van der Waals surface area contributed by atoms with Crippen molar-refractivity contribution < 1.29 is 9.53 Å². The number of hydrogen-bond acceptors (Lipinski definition) is 6. The topological polar surface area (TPSA) is 110 Å². The summed E-state index contributed by atoms with van der Waals surface area (Å²) in [5, 5.41) is 2.89. The molecule has 0 saturated heterocycles.